The molecule has 0 fully saturated rings. The SMILES string of the molecule is COc1c(Cl)ccc2c(=O)c3cc[c-]cc3n(CC(=O)O)c12.[Y]. The number of carboxylic acids is 1. The zero-order chi connectivity index (χ0) is 15.9. The molecule has 3 rings (SSSR count). The Hall–Kier alpha value is -1.43. The number of hydrogen-bond acceptors (Lipinski definition) is 3. The number of rotatable bonds is 3. The molecule has 0 saturated heterocycles. The van der Waals surface area contributed by atoms with E-state index in [-0.39, 0.29) is 50.4 Å². The number of benzene rings is 2. The van der Waals surface area contributed by atoms with Gasteiger partial charge in [-0.15, -0.1) is 0 Å². The normalized spacial score (nSPS) is 10.5. The van der Waals surface area contributed by atoms with Gasteiger partial charge in [0.25, 0.3) is 0 Å². The number of halogens is 1. The van der Waals surface area contributed by atoms with Crippen LogP contribution >= 0.6 is 11.6 Å². The van der Waals surface area contributed by atoms with Crippen LogP contribution in [0.2, 0.25) is 5.02 Å². The van der Waals surface area contributed by atoms with E-state index in [1.54, 1.807) is 30.3 Å². The first-order valence-corrected chi connectivity index (χ1v) is 6.83. The molecule has 1 heterocycles. The summed E-state index contributed by atoms with van der Waals surface area (Å²) in [5.74, 6) is -0.750. The molecule has 0 aliphatic heterocycles. The average molecular weight is 406 g/mol. The van der Waals surface area contributed by atoms with E-state index in [2.05, 4.69) is 6.07 Å². The van der Waals surface area contributed by atoms with Gasteiger partial charge in [-0.2, -0.15) is 24.3 Å². The molecule has 115 valence electrons. The number of carboxylic acid groups (broad SMARTS) is 1. The van der Waals surface area contributed by atoms with Crippen molar-refractivity contribution in [1.29, 1.82) is 0 Å². The first-order valence-electron chi connectivity index (χ1n) is 6.45. The smallest absolute Gasteiger partial charge is 0.322 e. The standard InChI is InChI=1S/C16H11ClNO4.Y/c1-22-16-11(17)7-6-10-14(16)18(8-13(19)20)12-5-3-2-4-9(12)15(10)21;/h2,4-7H,8H2,1H3,(H,19,20);/q-1;. The van der Waals surface area contributed by atoms with Crippen molar-refractivity contribution in [2.24, 2.45) is 0 Å². The van der Waals surface area contributed by atoms with E-state index in [1.165, 1.54) is 11.7 Å². The van der Waals surface area contributed by atoms with Crippen molar-refractivity contribution >= 4 is 39.4 Å². The van der Waals surface area contributed by atoms with Crippen LogP contribution in [0.1, 0.15) is 0 Å². The van der Waals surface area contributed by atoms with Gasteiger partial charge in [0.15, 0.2) is 11.2 Å². The molecule has 1 radical (unpaired) electrons. The maximum absolute atomic E-state index is 12.6. The molecule has 0 spiro atoms. The van der Waals surface area contributed by atoms with Gasteiger partial charge in [0.05, 0.1) is 17.6 Å². The van der Waals surface area contributed by atoms with Crippen molar-refractivity contribution in [2.45, 2.75) is 6.54 Å². The van der Waals surface area contributed by atoms with Crippen molar-refractivity contribution in [3.05, 3.63) is 51.6 Å². The molecule has 1 N–H and O–H groups in total. The van der Waals surface area contributed by atoms with Gasteiger partial charge in [-0.25, -0.2) is 0 Å². The van der Waals surface area contributed by atoms with Crippen LogP contribution < -0.4 is 10.2 Å². The third kappa shape index (κ3) is 3.01. The van der Waals surface area contributed by atoms with Crippen molar-refractivity contribution in [3.63, 3.8) is 0 Å². The van der Waals surface area contributed by atoms with Crippen LogP contribution in [-0.4, -0.2) is 22.8 Å². The quantitative estimate of drug-likeness (QED) is 0.537. The largest absolute Gasteiger partial charge is 0.493 e. The molecular weight excluding hydrogens is 395 g/mol. The number of aromatic nitrogens is 1. The van der Waals surface area contributed by atoms with Gasteiger partial charge >= 0.3 is 5.97 Å². The molecule has 2 aromatic carbocycles. The molecule has 0 unspecified atom stereocenters. The molecule has 3 aromatic rings. The minimum Gasteiger partial charge on any atom is -0.493 e. The molecule has 23 heavy (non-hydrogen) atoms. The average Bonchev–Trinajstić information content (AvgIpc) is 2.51. The van der Waals surface area contributed by atoms with Crippen LogP contribution in [0, 0.1) is 6.07 Å². The Labute approximate surface area is 161 Å². The van der Waals surface area contributed by atoms with Gasteiger partial charge in [-0.1, -0.05) is 22.5 Å². The number of carbonyl (C=O) groups is 1. The number of fused-ring (bicyclic) bond motifs is 2. The minimum atomic E-state index is -1.03. The van der Waals surface area contributed by atoms with Crippen LogP contribution in [0.3, 0.4) is 0 Å². The summed E-state index contributed by atoms with van der Waals surface area (Å²) in [6, 6.07) is 10.8. The Balaban J connectivity index is 0.00000192. The fourth-order valence-electron chi connectivity index (χ4n) is 2.59. The maximum Gasteiger partial charge on any atom is 0.322 e. The van der Waals surface area contributed by atoms with Gasteiger partial charge in [0.1, 0.15) is 6.54 Å². The fraction of sp³-hybridized carbons (Fsp3) is 0.125. The van der Waals surface area contributed by atoms with E-state index in [4.69, 9.17) is 16.3 Å². The van der Waals surface area contributed by atoms with E-state index < -0.39 is 5.97 Å². The maximum atomic E-state index is 12.6. The Morgan fingerprint density at radius 1 is 1.35 bits per heavy atom. The topological polar surface area (TPSA) is 68.5 Å². The Morgan fingerprint density at radius 3 is 2.74 bits per heavy atom. The number of hydrogen-bond donors (Lipinski definition) is 1. The third-order valence-corrected chi connectivity index (χ3v) is 3.77. The summed E-state index contributed by atoms with van der Waals surface area (Å²) in [6.07, 6.45) is 0. The number of pyridine rings is 1. The van der Waals surface area contributed by atoms with E-state index in [0.29, 0.717) is 26.8 Å². The molecule has 1 aromatic heterocycles. The number of ether oxygens (including phenoxy) is 1. The van der Waals surface area contributed by atoms with Crippen molar-refractivity contribution < 1.29 is 47.3 Å². The van der Waals surface area contributed by atoms with Crippen LogP contribution in [-0.2, 0) is 44.0 Å². The van der Waals surface area contributed by atoms with Gasteiger partial charge in [0.2, 0.25) is 0 Å². The molecule has 7 heteroatoms. The van der Waals surface area contributed by atoms with Crippen molar-refractivity contribution in [2.75, 3.05) is 7.11 Å². The summed E-state index contributed by atoms with van der Waals surface area (Å²) in [5, 5.41) is 10.3. The summed E-state index contributed by atoms with van der Waals surface area (Å²) in [5.41, 5.74) is 0.646. The van der Waals surface area contributed by atoms with E-state index in [0.717, 1.165) is 0 Å². The van der Waals surface area contributed by atoms with E-state index in [9.17, 15) is 14.7 Å². The molecule has 0 bridgehead atoms. The molecule has 0 amide bonds. The molecule has 0 aliphatic rings. The summed E-state index contributed by atoms with van der Waals surface area (Å²) >= 11 is 6.12. The molecule has 0 atom stereocenters. The van der Waals surface area contributed by atoms with Gasteiger partial charge in [0, 0.05) is 38.1 Å². The second kappa shape index (κ2) is 6.99. The molecular formula is C16H11ClNO4Y-. The summed E-state index contributed by atoms with van der Waals surface area (Å²) < 4.78 is 6.80. The predicted octanol–water partition coefficient (Wildman–Crippen LogP) is 2.70. The van der Waals surface area contributed by atoms with Crippen molar-refractivity contribution in [3.8, 4) is 5.75 Å². The Morgan fingerprint density at radius 2 is 2.09 bits per heavy atom. The van der Waals surface area contributed by atoms with Crippen LogP contribution in [0.4, 0.5) is 0 Å². The molecule has 0 aliphatic carbocycles. The van der Waals surface area contributed by atoms with Gasteiger partial charge in [-0.05, 0) is 12.1 Å². The van der Waals surface area contributed by atoms with Gasteiger partial charge in [-0.3, -0.25) is 9.59 Å². The number of nitrogens with zero attached hydrogens (tertiary/aromatic N) is 1. The molecule has 5 nitrogen and oxygen atoms in total. The number of methoxy groups -OCH3 is 1. The van der Waals surface area contributed by atoms with Gasteiger partial charge < -0.3 is 14.4 Å². The zero-order valence-corrected chi connectivity index (χ0v) is 15.8. The van der Waals surface area contributed by atoms with Crippen LogP contribution in [0.25, 0.3) is 21.8 Å². The third-order valence-electron chi connectivity index (χ3n) is 3.47. The fourth-order valence-corrected chi connectivity index (χ4v) is 2.82. The molecule has 0 saturated carbocycles. The van der Waals surface area contributed by atoms with Crippen molar-refractivity contribution in [1.82, 2.24) is 4.57 Å². The van der Waals surface area contributed by atoms with E-state index in [1.807, 2.05) is 0 Å². The summed E-state index contributed by atoms with van der Waals surface area (Å²) in [7, 11) is 1.43. The van der Waals surface area contributed by atoms with Crippen LogP contribution in [0.5, 0.6) is 5.75 Å². The first kappa shape index (κ1) is 17.9. The second-order valence-electron chi connectivity index (χ2n) is 4.73. The number of aliphatic carboxylic acids is 1. The first-order chi connectivity index (χ1) is 10.5. The monoisotopic (exact) mass is 405 g/mol. The summed E-state index contributed by atoms with van der Waals surface area (Å²) in [6.45, 7) is -0.318. The minimum absolute atomic E-state index is 0. The zero-order valence-electron chi connectivity index (χ0n) is 12.2. The Bertz CT molecular complexity index is 968. The van der Waals surface area contributed by atoms with Crippen LogP contribution in [0.15, 0.2) is 35.1 Å². The van der Waals surface area contributed by atoms with E-state index >= 15 is 0 Å². The predicted molar refractivity (Wildman–Crippen MR) is 83.7 cm³/mol. The summed E-state index contributed by atoms with van der Waals surface area (Å²) in [4.78, 5) is 23.9. The Kier molecular flexibility index (Phi) is 5.45. The second-order valence-corrected chi connectivity index (χ2v) is 5.14.